The number of carbonyl (C=O) groups is 1. The smallest absolute Gasteiger partial charge is 0.340 e. The number of carboxylic acids is 1. The molecule has 3 aromatic rings. The Balaban J connectivity index is 1.67. The highest BCUT2D eigenvalue weighted by Crippen LogP contribution is 2.34. The fourth-order valence-corrected chi connectivity index (χ4v) is 4.20. The lowest BCUT2D eigenvalue weighted by Gasteiger charge is -2.26. The molecule has 0 radical (unpaired) electrons. The zero-order valence-electron chi connectivity index (χ0n) is 24.1. The summed E-state index contributed by atoms with van der Waals surface area (Å²) in [5, 5.41) is 9.57. The molecule has 0 spiro atoms. The average Bonchev–Trinajstić information content (AvgIpc) is 2.86. The van der Waals surface area contributed by atoms with Crippen LogP contribution in [-0.2, 0) is 26.0 Å². The van der Waals surface area contributed by atoms with Crippen molar-refractivity contribution in [2.45, 2.75) is 71.8 Å². The summed E-state index contributed by atoms with van der Waals surface area (Å²) in [5.74, 6) is -0.343. The Labute approximate surface area is 228 Å². The molecule has 1 unspecified atom stereocenters. The van der Waals surface area contributed by atoms with Crippen LogP contribution in [0.25, 0.3) is 17.2 Å². The number of carboxylic acid groups (broad SMARTS) is 1. The Hall–Kier alpha value is -3.37. The van der Waals surface area contributed by atoms with Crippen LogP contribution in [0.4, 0.5) is 0 Å². The average molecular weight is 515 g/mol. The third-order valence-electron chi connectivity index (χ3n) is 6.81. The van der Waals surface area contributed by atoms with E-state index < -0.39 is 11.6 Å². The van der Waals surface area contributed by atoms with Crippen LogP contribution >= 0.6 is 0 Å². The van der Waals surface area contributed by atoms with E-state index in [1.165, 1.54) is 22.3 Å². The highest BCUT2D eigenvalue weighted by Gasteiger charge is 2.35. The van der Waals surface area contributed by atoms with Crippen molar-refractivity contribution in [3.8, 4) is 16.9 Å². The number of aliphatic carboxylic acids is 1. The first kappa shape index (κ1) is 29.2. The minimum Gasteiger partial charge on any atom is -0.490 e. The predicted octanol–water partition coefficient (Wildman–Crippen LogP) is 8.38. The largest absolute Gasteiger partial charge is 0.490 e. The van der Waals surface area contributed by atoms with Gasteiger partial charge in [0.25, 0.3) is 0 Å². The SMILES string of the molecule is CCOC(C)(C(=O)O)c1ccc(OCC=Cc2ccc(-c3cc(C(C)(C)C)cc(C(C)(C)C)c3)cc2)cc1. The molecule has 202 valence electrons. The van der Waals surface area contributed by atoms with Gasteiger partial charge in [0.15, 0.2) is 5.60 Å². The summed E-state index contributed by atoms with van der Waals surface area (Å²) in [7, 11) is 0. The van der Waals surface area contributed by atoms with E-state index >= 15 is 0 Å². The van der Waals surface area contributed by atoms with E-state index in [4.69, 9.17) is 9.47 Å². The molecule has 38 heavy (non-hydrogen) atoms. The first-order valence-corrected chi connectivity index (χ1v) is 13.3. The minimum atomic E-state index is -1.37. The zero-order chi connectivity index (χ0) is 28.1. The molecule has 3 rings (SSSR count). The molecule has 0 aromatic heterocycles. The van der Waals surface area contributed by atoms with Crippen molar-refractivity contribution in [2.75, 3.05) is 13.2 Å². The van der Waals surface area contributed by atoms with Gasteiger partial charge in [-0.2, -0.15) is 0 Å². The predicted molar refractivity (Wildman–Crippen MR) is 157 cm³/mol. The van der Waals surface area contributed by atoms with Gasteiger partial charge in [-0.15, -0.1) is 0 Å². The Bertz CT molecular complexity index is 1220. The molecule has 3 aromatic carbocycles. The van der Waals surface area contributed by atoms with Crippen LogP contribution in [0.1, 0.15) is 77.6 Å². The van der Waals surface area contributed by atoms with E-state index in [0.717, 1.165) is 5.56 Å². The molecule has 1 N–H and O–H groups in total. The molecule has 0 aliphatic carbocycles. The van der Waals surface area contributed by atoms with Gasteiger partial charge in [0, 0.05) is 6.61 Å². The lowest BCUT2D eigenvalue weighted by molar-refractivity contribution is -0.164. The van der Waals surface area contributed by atoms with Crippen LogP contribution in [0.5, 0.6) is 5.75 Å². The van der Waals surface area contributed by atoms with E-state index in [-0.39, 0.29) is 10.8 Å². The van der Waals surface area contributed by atoms with Crippen LogP contribution in [0, 0.1) is 0 Å². The van der Waals surface area contributed by atoms with Crippen molar-refractivity contribution in [2.24, 2.45) is 0 Å². The number of hydrogen-bond donors (Lipinski definition) is 1. The van der Waals surface area contributed by atoms with Gasteiger partial charge in [-0.3, -0.25) is 0 Å². The second-order valence-electron chi connectivity index (χ2n) is 11.9. The van der Waals surface area contributed by atoms with Crippen molar-refractivity contribution in [3.63, 3.8) is 0 Å². The summed E-state index contributed by atoms with van der Waals surface area (Å²) < 4.78 is 11.3. The van der Waals surface area contributed by atoms with Gasteiger partial charge in [-0.25, -0.2) is 4.79 Å². The second-order valence-corrected chi connectivity index (χ2v) is 11.9. The molecule has 0 bridgehead atoms. The van der Waals surface area contributed by atoms with Gasteiger partial charge in [-0.1, -0.05) is 102 Å². The summed E-state index contributed by atoms with van der Waals surface area (Å²) in [4.78, 5) is 11.7. The summed E-state index contributed by atoms with van der Waals surface area (Å²) >= 11 is 0. The number of ether oxygens (including phenoxy) is 2. The van der Waals surface area contributed by atoms with Crippen LogP contribution in [0.15, 0.2) is 72.8 Å². The molecule has 1 atom stereocenters. The lowest BCUT2D eigenvalue weighted by Crippen LogP contribution is -2.35. The molecule has 0 aliphatic heterocycles. The molecular weight excluding hydrogens is 472 g/mol. The van der Waals surface area contributed by atoms with E-state index in [0.29, 0.717) is 24.5 Å². The normalized spacial score (nSPS) is 13.9. The monoisotopic (exact) mass is 514 g/mol. The summed E-state index contributed by atoms with van der Waals surface area (Å²) in [6.45, 7) is 17.6. The molecule has 0 saturated heterocycles. The third kappa shape index (κ3) is 7.14. The number of benzene rings is 3. The third-order valence-corrected chi connectivity index (χ3v) is 6.81. The van der Waals surface area contributed by atoms with E-state index in [1.54, 1.807) is 38.1 Å². The van der Waals surface area contributed by atoms with Gasteiger partial charge < -0.3 is 14.6 Å². The van der Waals surface area contributed by atoms with Crippen molar-refractivity contribution >= 4 is 12.0 Å². The highest BCUT2D eigenvalue weighted by molar-refractivity contribution is 5.79. The van der Waals surface area contributed by atoms with Gasteiger partial charge in [0.1, 0.15) is 12.4 Å². The molecule has 0 amide bonds. The lowest BCUT2D eigenvalue weighted by atomic mass is 9.79. The Morgan fingerprint density at radius 1 is 0.763 bits per heavy atom. The molecule has 0 saturated carbocycles. The van der Waals surface area contributed by atoms with Gasteiger partial charge in [-0.05, 0) is 76.3 Å². The number of hydrogen-bond acceptors (Lipinski definition) is 3. The fraction of sp³-hybridized carbons (Fsp3) is 0.382. The Morgan fingerprint density at radius 2 is 1.32 bits per heavy atom. The van der Waals surface area contributed by atoms with Crippen molar-refractivity contribution < 1.29 is 19.4 Å². The van der Waals surface area contributed by atoms with E-state index in [2.05, 4.69) is 84.0 Å². The first-order valence-electron chi connectivity index (χ1n) is 13.3. The summed E-state index contributed by atoms with van der Waals surface area (Å²) in [6, 6.07) is 22.6. The summed E-state index contributed by atoms with van der Waals surface area (Å²) in [5.41, 5.74) is 5.61. The molecule has 0 fully saturated rings. The van der Waals surface area contributed by atoms with Gasteiger partial charge >= 0.3 is 5.97 Å². The molecule has 4 heteroatoms. The van der Waals surface area contributed by atoms with Crippen LogP contribution in [0.2, 0.25) is 0 Å². The molecule has 4 nitrogen and oxygen atoms in total. The molecule has 0 heterocycles. The fourth-order valence-electron chi connectivity index (χ4n) is 4.20. The topological polar surface area (TPSA) is 55.8 Å². The highest BCUT2D eigenvalue weighted by atomic mass is 16.5. The standard InChI is InChI=1S/C34H42O4/c1-9-38-34(8,31(35)36)27-16-18-30(19-17-27)37-20-10-11-24-12-14-25(15-13-24)26-21-28(32(2,3)4)23-29(22-26)33(5,6)7/h10-19,21-23H,9,20H2,1-8H3,(H,35,36). The van der Waals surface area contributed by atoms with Crippen molar-refractivity contribution in [1.29, 1.82) is 0 Å². The first-order chi connectivity index (χ1) is 17.7. The zero-order valence-corrected chi connectivity index (χ0v) is 24.1. The molecule has 0 aliphatic rings. The molecular formula is C34H42O4. The van der Waals surface area contributed by atoms with E-state index in [9.17, 15) is 9.90 Å². The van der Waals surface area contributed by atoms with Crippen LogP contribution < -0.4 is 4.74 Å². The Kier molecular flexibility index (Phi) is 8.89. The second kappa shape index (κ2) is 11.6. The van der Waals surface area contributed by atoms with Gasteiger partial charge in [0.2, 0.25) is 0 Å². The van der Waals surface area contributed by atoms with Crippen molar-refractivity contribution in [1.82, 2.24) is 0 Å². The maximum absolute atomic E-state index is 11.7. The number of rotatable bonds is 9. The van der Waals surface area contributed by atoms with E-state index in [1.807, 2.05) is 12.2 Å². The Morgan fingerprint density at radius 3 is 1.79 bits per heavy atom. The van der Waals surface area contributed by atoms with Crippen LogP contribution in [-0.4, -0.2) is 24.3 Å². The quantitative estimate of drug-likeness (QED) is 0.312. The van der Waals surface area contributed by atoms with Gasteiger partial charge in [0.05, 0.1) is 0 Å². The maximum Gasteiger partial charge on any atom is 0.340 e. The van der Waals surface area contributed by atoms with Crippen LogP contribution in [0.3, 0.4) is 0 Å². The summed E-state index contributed by atoms with van der Waals surface area (Å²) in [6.07, 6.45) is 4.02. The maximum atomic E-state index is 11.7. The van der Waals surface area contributed by atoms with Crippen molar-refractivity contribution in [3.05, 3.63) is 95.1 Å². The minimum absolute atomic E-state index is 0.0816.